The van der Waals surface area contributed by atoms with Gasteiger partial charge in [0.2, 0.25) is 5.91 Å². The number of amides is 2. The van der Waals surface area contributed by atoms with Gasteiger partial charge in [-0.25, -0.2) is 0 Å². The fourth-order valence-corrected chi connectivity index (χ4v) is 4.61. The van der Waals surface area contributed by atoms with Crippen LogP contribution < -0.4 is 5.32 Å². The smallest absolute Gasteiger partial charge is 0.255 e. The normalized spacial score (nSPS) is 17.4. The fraction of sp³-hybridized carbons (Fsp3) is 0.542. The SMILES string of the molecule is CC(C)OCCn1ccc(NC(=O)[C@H](CC2CCCC2)N2Cc3ccccc3C2=O)n1. The third-order valence-corrected chi connectivity index (χ3v) is 6.22. The Kier molecular flexibility index (Phi) is 6.70. The average molecular weight is 425 g/mol. The molecule has 1 aromatic carbocycles. The van der Waals surface area contributed by atoms with Crippen molar-refractivity contribution in [1.29, 1.82) is 0 Å². The van der Waals surface area contributed by atoms with E-state index in [9.17, 15) is 9.59 Å². The molecular formula is C24H32N4O3. The summed E-state index contributed by atoms with van der Waals surface area (Å²) in [6.45, 7) is 5.67. The number of aromatic nitrogens is 2. The Bertz CT molecular complexity index is 917. The first-order chi connectivity index (χ1) is 15.0. The van der Waals surface area contributed by atoms with Crippen molar-refractivity contribution in [3.05, 3.63) is 47.7 Å². The van der Waals surface area contributed by atoms with Crippen molar-refractivity contribution in [1.82, 2.24) is 14.7 Å². The Morgan fingerprint density at radius 2 is 2.00 bits per heavy atom. The molecule has 2 amide bonds. The fourth-order valence-electron chi connectivity index (χ4n) is 4.61. The largest absolute Gasteiger partial charge is 0.377 e. The Hall–Kier alpha value is -2.67. The molecular weight excluding hydrogens is 392 g/mol. The van der Waals surface area contributed by atoms with Crippen LogP contribution in [0.5, 0.6) is 0 Å². The average Bonchev–Trinajstić information content (AvgIpc) is 3.48. The molecule has 2 heterocycles. The number of hydrogen-bond acceptors (Lipinski definition) is 4. The second kappa shape index (κ2) is 9.64. The van der Waals surface area contributed by atoms with Crippen LogP contribution in [-0.2, 0) is 22.6 Å². The van der Waals surface area contributed by atoms with Crippen molar-refractivity contribution < 1.29 is 14.3 Å². The highest BCUT2D eigenvalue weighted by Gasteiger charge is 2.38. The third kappa shape index (κ3) is 5.15. The van der Waals surface area contributed by atoms with Crippen LogP contribution in [0.1, 0.15) is 61.9 Å². The van der Waals surface area contributed by atoms with E-state index in [2.05, 4.69) is 10.4 Å². The van der Waals surface area contributed by atoms with Gasteiger partial charge in [-0.15, -0.1) is 0 Å². The van der Waals surface area contributed by atoms with Crippen molar-refractivity contribution in [3.8, 4) is 0 Å². The van der Waals surface area contributed by atoms with Crippen molar-refractivity contribution >= 4 is 17.6 Å². The van der Waals surface area contributed by atoms with Crippen LogP contribution in [0, 0.1) is 5.92 Å². The maximum absolute atomic E-state index is 13.3. The Morgan fingerprint density at radius 1 is 1.23 bits per heavy atom. The molecule has 2 aromatic rings. The predicted molar refractivity (Wildman–Crippen MR) is 119 cm³/mol. The first-order valence-electron chi connectivity index (χ1n) is 11.4. The Balaban J connectivity index is 1.45. The number of carbonyl (C=O) groups excluding carboxylic acids is 2. The number of carbonyl (C=O) groups is 2. The molecule has 7 nitrogen and oxygen atoms in total. The number of benzene rings is 1. The quantitative estimate of drug-likeness (QED) is 0.663. The lowest BCUT2D eigenvalue weighted by Crippen LogP contribution is -2.45. The van der Waals surface area contributed by atoms with E-state index in [0.717, 1.165) is 18.4 Å². The van der Waals surface area contributed by atoms with Gasteiger partial charge in [0, 0.05) is 24.4 Å². The zero-order valence-electron chi connectivity index (χ0n) is 18.4. The third-order valence-electron chi connectivity index (χ3n) is 6.22. The van der Waals surface area contributed by atoms with Crippen LogP contribution in [0.15, 0.2) is 36.5 Å². The van der Waals surface area contributed by atoms with Gasteiger partial charge in [-0.3, -0.25) is 14.3 Å². The molecule has 1 aromatic heterocycles. The topological polar surface area (TPSA) is 76.5 Å². The number of fused-ring (bicyclic) bond motifs is 1. The van der Waals surface area contributed by atoms with Crippen LogP contribution in [0.3, 0.4) is 0 Å². The number of ether oxygens (including phenoxy) is 1. The lowest BCUT2D eigenvalue weighted by atomic mass is 9.96. The maximum Gasteiger partial charge on any atom is 0.255 e. The molecule has 0 spiro atoms. The molecule has 1 N–H and O–H groups in total. The Labute approximate surface area is 183 Å². The molecule has 166 valence electrons. The van der Waals surface area contributed by atoms with Gasteiger partial charge >= 0.3 is 0 Å². The summed E-state index contributed by atoms with van der Waals surface area (Å²) in [5, 5.41) is 7.40. The minimum Gasteiger partial charge on any atom is -0.377 e. The number of rotatable bonds is 9. The van der Waals surface area contributed by atoms with Gasteiger partial charge in [-0.05, 0) is 37.8 Å². The summed E-state index contributed by atoms with van der Waals surface area (Å²) in [6, 6.07) is 8.94. The van der Waals surface area contributed by atoms with E-state index in [1.807, 2.05) is 44.3 Å². The first kappa shape index (κ1) is 21.6. The molecule has 0 radical (unpaired) electrons. The summed E-state index contributed by atoms with van der Waals surface area (Å²) in [5.74, 6) is 0.787. The minimum absolute atomic E-state index is 0.0508. The van der Waals surface area contributed by atoms with Crippen molar-refractivity contribution in [2.75, 3.05) is 11.9 Å². The van der Waals surface area contributed by atoms with Crippen LogP contribution >= 0.6 is 0 Å². The summed E-state index contributed by atoms with van der Waals surface area (Å²) in [4.78, 5) is 28.1. The number of anilines is 1. The highest BCUT2D eigenvalue weighted by molar-refractivity contribution is 6.03. The van der Waals surface area contributed by atoms with Gasteiger partial charge < -0.3 is 15.0 Å². The highest BCUT2D eigenvalue weighted by Crippen LogP contribution is 2.33. The van der Waals surface area contributed by atoms with Crippen molar-refractivity contribution in [2.24, 2.45) is 5.92 Å². The zero-order chi connectivity index (χ0) is 21.8. The van der Waals surface area contributed by atoms with E-state index in [1.54, 1.807) is 15.6 Å². The first-order valence-corrected chi connectivity index (χ1v) is 11.4. The van der Waals surface area contributed by atoms with Crippen molar-refractivity contribution in [3.63, 3.8) is 0 Å². The molecule has 0 bridgehead atoms. The molecule has 1 aliphatic heterocycles. The molecule has 7 heteroatoms. The molecule has 2 aliphatic rings. The van der Waals surface area contributed by atoms with Gasteiger partial charge in [-0.2, -0.15) is 5.10 Å². The van der Waals surface area contributed by atoms with E-state index >= 15 is 0 Å². The zero-order valence-corrected chi connectivity index (χ0v) is 18.4. The lowest BCUT2D eigenvalue weighted by Gasteiger charge is -2.28. The van der Waals surface area contributed by atoms with E-state index < -0.39 is 6.04 Å². The second-order valence-electron chi connectivity index (χ2n) is 8.87. The highest BCUT2D eigenvalue weighted by atomic mass is 16.5. The number of nitrogens with zero attached hydrogens (tertiary/aromatic N) is 3. The number of nitrogens with one attached hydrogen (secondary N) is 1. The van der Waals surface area contributed by atoms with Gasteiger partial charge in [0.15, 0.2) is 5.82 Å². The number of hydrogen-bond donors (Lipinski definition) is 1. The molecule has 4 rings (SSSR count). The summed E-state index contributed by atoms with van der Waals surface area (Å²) in [6.07, 6.45) is 7.38. The van der Waals surface area contributed by atoms with Crippen LogP contribution in [0.4, 0.5) is 5.82 Å². The van der Waals surface area contributed by atoms with E-state index in [-0.39, 0.29) is 17.9 Å². The molecule has 0 saturated heterocycles. The maximum atomic E-state index is 13.3. The second-order valence-corrected chi connectivity index (χ2v) is 8.87. The molecule has 1 atom stereocenters. The standard InChI is InChI=1S/C24H32N4O3/c1-17(2)31-14-13-27-12-11-22(26-27)25-23(29)21(15-18-7-3-4-8-18)28-16-19-9-5-6-10-20(19)24(28)30/h5-6,9-12,17-18,21H,3-4,7-8,13-16H2,1-2H3,(H,25,26,29)/t21-/m0/s1. The van der Waals surface area contributed by atoms with E-state index in [1.165, 1.54) is 12.8 Å². The molecule has 1 saturated carbocycles. The van der Waals surface area contributed by atoms with Gasteiger partial charge in [0.05, 0.1) is 19.3 Å². The lowest BCUT2D eigenvalue weighted by molar-refractivity contribution is -0.121. The van der Waals surface area contributed by atoms with E-state index in [4.69, 9.17) is 4.74 Å². The summed E-state index contributed by atoms with van der Waals surface area (Å²) in [5.41, 5.74) is 1.70. The molecule has 0 unspecified atom stereocenters. The van der Waals surface area contributed by atoms with Crippen LogP contribution in [-0.4, -0.2) is 45.2 Å². The van der Waals surface area contributed by atoms with Gasteiger partial charge in [0.25, 0.3) is 5.91 Å². The minimum atomic E-state index is -0.488. The van der Waals surface area contributed by atoms with E-state index in [0.29, 0.717) is 43.4 Å². The summed E-state index contributed by atoms with van der Waals surface area (Å²) in [7, 11) is 0. The molecule has 1 aliphatic carbocycles. The summed E-state index contributed by atoms with van der Waals surface area (Å²) >= 11 is 0. The monoisotopic (exact) mass is 424 g/mol. The van der Waals surface area contributed by atoms with Crippen LogP contribution in [0.2, 0.25) is 0 Å². The van der Waals surface area contributed by atoms with Crippen molar-refractivity contribution in [2.45, 2.75) is 71.2 Å². The van der Waals surface area contributed by atoms with Gasteiger partial charge in [0.1, 0.15) is 6.04 Å². The molecule has 31 heavy (non-hydrogen) atoms. The summed E-state index contributed by atoms with van der Waals surface area (Å²) < 4.78 is 7.33. The van der Waals surface area contributed by atoms with Gasteiger partial charge in [-0.1, -0.05) is 43.9 Å². The molecule has 1 fully saturated rings. The Morgan fingerprint density at radius 3 is 2.74 bits per heavy atom. The predicted octanol–water partition coefficient (Wildman–Crippen LogP) is 3.85. The van der Waals surface area contributed by atoms with Crippen LogP contribution in [0.25, 0.3) is 0 Å².